The third-order valence-electron chi connectivity index (χ3n) is 4.79. The summed E-state index contributed by atoms with van der Waals surface area (Å²) in [5.41, 5.74) is 1.65. The van der Waals surface area contributed by atoms with Crippen molar-refractivity contribution in [1.82, 2.24) is 15.0 Å². The number of aromatic nitrogens is 3. The summed E-state index contributed by atoms with van der Waals surface area (Å²) in [5.74, 6) is -0.0331. The van der Waals surface area contributed by atoms with Gasteiger partial charge in [0.1, 0.15) is 0 Å². The van der Waals surface area contributed by atoms with E-state index in [1.165, 1.54) is 18.2 Å². The zero-order chi connectivity index (χ0) is 25.0. The van der Waals surface area contributed by atoms with Gasteiger partial charge in [0, 0.05) is 44.3 Å². The average Bonchev–Trinajstić information content (AvgIpc) is 2.92. The average molecular weight is 515 g/mol. The van der Waals surface area contributed by atoms with Crippen LogP contribution in [0.1, 0.15) is 0 Å². The number of hydrogen-bond donors (Lipinski definition) is 1. The van der Waals surface area contributed by atoms with Gasteiger partial charge in [0.15, 0.2) is 0 Å². The topological polar surface area (TPSA) is 128 Å². The smallest absolute Gasteiger partial charge is 0.0623 e. The quantitative estimate of drug-likeness (QED) is 0.328. The summed E-state index contributed by atoms with van der Waals surface area (Å²) >= 11 is 0. The fraction of sp³-hybridized carbons (Fsp3) is 0.0357. The van der Waals surface area contributed by atoms with Crippen LogP contribution in [0.2, 0.25) is 0 Å². The van der Waals surface area contributed by atoms with Crippen LogP contribution in [0.4, 0.5) is 0 Å². The van der Waals surface area contributed by atoms with Gasteiger partial charge < -0.3 is 20.4 Å². The van der Waals surface area contributed by atoms with Gasteiger partial charge in [-0.2, -0.15) is 0 Å². The largest absolute Gasteiger partial charge is 0.871 e. The molecule has 8 heteroatoms. The number of rotatable bonds is 0. The van der Waals surface area contributed by atoms with Crippen molar-refractivity contribution in [2.45, 2.75) is 0 Å². The molecule has 0 aliphatic rings. The monoisotopic (exact) mass is 515 g/mol. The molecule has 181 valence electrons. The number of fused-ring (bicyclic) bond motifs is 3. The van der Waals surface area contributed by atoms with Crippen LogP contribution in [0.15, 0.2) is 110 Å². The minimum absolute atomic E-state index is 0. The Morgan fingerprint density at radius 1 is 0.444 bits per heavy atom. The third-order valence-corrected chi connectivity index (χ3v) is 4.79. The van der Waals surface area contributed by atoms with E-state index in [2.05, 4.69) is 15.0 Å². The second-order valence-electron chi connectivity index (χ2n) is 6.99. The van der Waals surface area contributed by atoms with E-state index in [0.717, 1.165) is 23.3 Å². The van der Waals surface area contributed by atoms with Crippen molar-refractivity contribution in [3.05, 3.63) is 110 Å². The molecule has 0 atom stereocenters. The summed E-state index contributed by atoms with van der Waals surface area (Å²) in [6.45, 7) is 0. The number of nitrogens with zero attached hydrogens (tertiary/aromatic N) is 3. The Kier molecular flexibility index (Phi) is 11.1. The maximum atomic E-state index is 11.1. The van der Waals surface area contributed by atoms with Gasteiger partial charge in [-0.1, -0.05) is 90.0 Å². The predicted octanol–water partition coefficient (Wildman–Crippen LogP) is 3.53. The fourth-order valence-electron chi connectivity index (χ4n) is 3.23. The molecule has 3 heterocycles. The Labute approximate surface area is 220 Å². The van der Waals surface area contributed by atoms with Crippen LogP contribution < -0.4 is 15.3 Å². The van der Waals surface area contributed by atoms with Crippen LogP contribution in [0.5, 0.6) is 17.2 Å². The molecule has 3 aromatic carbocycles. The summed E-state index contributed by atoms with van der Waals surface area (Å²) in [4.78, 5) is 11.9. The first kappa shape index (κ1) is 28.1. The summed E-state index contributed by atoms with van der Waals surface area (Å²) in [5, 5.41) is 43.1. The second kappa shape index (κ2) is 14.3. The molecule has 0 bridgehead atoms. The summed E-state index contributed by atoms with van der Waals surface area (Å²) in [6, 6.07) is 26.5. The van der Waals surface area contributed by atoms with Crippen LogP contribution in [-0.2, 0) is 18.6 Å². The van der Waals surface area contributed by atoms with E-state index < -0.39 is 0 Å². The molecule has 0 aliphatic heterocycles. The Morgan fingerprint density at radius 3 is 0.944 bits per heavy atom. The second-order valence-corrected chi connectivity index (χ2v) is 6.99. The van der Waals surface area contributed by atoms with Crippen molar-refractivity contribution in [3.8, 4) is 17.2 Å². The Hall–Kier alpha value is -4.17. The molecule has 0 saturated heterocycles. The SMILES string of the molecule is CO.[O-]c1cccc2cccnc12.[O-]c1cccc2cccnc12.[O-]c1cccc2cccnc12.[V]. The van der Waals surface area contributed by atoms with Crippen molar-refractivity contribution < 1.29 is 39.0 Å². The molecule has 6 aromatic rings. The molecule has 0 amide bonds. The molecule has 3 aromatic heterocycles. The minimum atomic E-state index is -0.0110. The van der Waals surface area contributed by atoms with E-state index in [4.69, 9.17) is 5.11 Å². The number of aliphatic hydroxyl groups excluding tert-OH is 1. The van der Waals surface area contributed by atoms with Gasteiger partial charge in [0.2, 0.25) is 0 Å². The zero-order valence-corrected chi connectivity index (χ0v) is 20.7. The van der Waals surface area contributed by atoms with Gasteiger partial charge in [-0.15, -0.1) is 0 Å². The van der Waals surface area contributed by atoms with Crippen molar-refractivity contribution in [2.24, 2.45) is 0 Å². The Bertz CT molecular complexity index is 1330. The fourth-order valence-corrected chi connectivity index (χ4v) is 3.23. The molecule has 6 rings (SSSR count). The van der Waals surface area contributed by atoms with Crippen LogP contribution in [0, 0.1) is 0 Å². The standard InChI is InChI=1S/3C9H7NO.CH4O.V/c3*11-8-5-1-3-7-4-2-6-10-9(7)8;1-2;/h3*1-6,11H;2H,1H3;/p-3. The molecule has 0 saturated carbocycles. The van der Waals surface area contributed by atoms with Gasteiger partial charge in [-0.3, -0.25) is 15.0 Å². The van der Waals surface area contributed by atoms with Gasteiger partial charge in [-0.25, -0.2) is 0 Å². The third kappa shape index (κ3) is 7.17. The van der Waals surface area contributed by atoms with Crippen molar-refractivity contribution in [2.75, 3.05) is 7.11 Å². The van der Waals surface area contributed by atoms with E-state index in [-0.39, 0.29) is 35.8 Å². The predicted molar refractivity (Wildman–Crippen MR) is 132 cm³/mol. The van der Waals surface area contributed by atoms with E-state index in [1.807, 2.05) is 54.6 Å². The number of para-hydroxylation sites is 3. The van der Waals surface area contributed by atoms with Crippen molar-refractivity contribution in [3.63, 3.8) is 0 Å². The van der Waals surface area contributed by atoms with Crippen LogP contribution in [0.3, 0.4) is 0 Å². The van der Waals surface area contributed by atoms with Crippen LogP contribution in [0.25, 0.3) is 32.7 Å². The zero-order valence-electron chi connectivity index (χ0n) is 19.4. The molecule has 36 heavy (non-hydrogen) atoms. The Balaban J connectivity index is 0.000000181. The number of pyridine rings is 3. The molecule has 7 nitrogen and oxygen atoms in total. The van der Waals surface area contributed by atoms with Crippen LogP contribution in [-0.4, -0.2) is 27.2 Å². The molecule has 0 unspecified atom stereocenters. The number of benzene rings is 3. The molecular weight excluding hydrogens is 493 g/mol. The van der Waals surface area contributed by atoms with Gasteiger partial charge in [-0.05, 0) is 34.4 Å². The molecular formula is C28H22N3O4V-3. The maximum Gasteiger partial charge on any atom is 0.0623 e. The molecule has 0 spiro atoms. The molecule has 1 N–H and O–H groups in total. The van der Waals surface area contributed by atoms with Gasteiger partial charge in [0.05, 0.1) is 16.6 Å². The summed E-state index contributed by atoms with van der Waals surface area (Å²) < 4.78 is 0. The first-order valence-electron chi connectivity index (χ1n) is 10.6. The van der Waals surface area contributed by atoms with E-state index >= 15 is 0 Å². The van der Waals surface area contributed by atoms with Gasteiger partial charge in [0.25, 0.3) is 0 Å². The van der Waals surface area contributed by atoms with E-state index in [0.29, 0.717) is 16.6 Å². The van der Waals surface area contributed by atoms with Gasteiger partial charge >= 0.3 is 0 Å². The minimum Gasteiger partial charge on any atom is -0.871 e. The first-order chi connectivity index (χ1) is 17.1. The summed E-state index contributed by atoms with van der Waals surface area (Å²) in [7, 11) is 1.00. The van der Waals surface area contributed by atoms with E-state index in [1.54, 1.807) is 36.8 Å². The summed E-state index contributed by atoms with van der Waals surface area (Å²) in [6.07, 6.45) is 4.89. The van der Waals surface area contributed by atoms with E-state index in [9.17, 15) is 15.3 Å². The van der Waals surface area contributed by atoms with Crippen molar-refractivity contribution >= 4 is 32.7 Å². The Morgan fingerprint density at radius 2 is 0.694 bits per heavy atom. The first-order valence-corrected chi connectivity index (χ1v) is 10.6. The normalized spacial score (nSPS) is 9.50. The molecule has 0 fully saturated rings. The maximum absolute atomic E-state index is 11.1. The molecule has 0 aliphatic carbocycles. The number of hydrogen-bond acceptors (Lipinski definition) is 7. The van der Waals surface area contributed by atoms with Crippen LogP contribution >= 0.6 is 0 Å². The molecule has 1 radical (unpaired) electrons. The van der Waals surface area contributed by atoms with Crippen molar-refractivity contribution in [1.29, 1.82) is 0 Å². The number of aliphatic hydroxyl groups is 1.